The molecule has 1 amide bonds. The van der Waals surface area contributed by atoms with E-state index in [2.05, 4.69) is 0 Å². The van der Waals surface area contributed by atoms with E-state index in [0.29, 0.717) is 16.9 Å². The van der Waals surface area contributed by atoms with Crippen LogP contribution in [0.3, 0.4) is 0 Å². The SMILES string of the molecule is CC1(C)CCN(C(=O)C(F)(F)F)c2cc([N+](=O)[O-])ccc21. The topological polar surface area (TPSA) is 63.5 Å². The van der Waals surface area contributed by atoms with Gasteiger partial charge < -0.3 is 4.90 Å². The highest BCUT2D eigenvalue weighted by molar-refractivity contribution is 5.99. The first-order valence-corrected chi connectivity index (χ1v) is 6.21. The first kappa shape index (κ1) is 15.3. The molecule has 0 aliphatic carbocycles. The Kier molecular flexibility index (Phi) is 3.43. The van der Waals surface area contributed by atoms with Crippen LogP contribution in [0.1, 0.15) is 25.8 Å². The smallest absolute Gasteiger partial charge is 0.304 e. The Balaban J connectivity index is 2.58. The lowest BCUT2D eigenvalue weighted by Gasteiger charge is -2.39. The van der Waals surface area contributed by atoms with Crippen molar-refractivity contribution in [2.45, 2.75) is 31.9 Å². The second-order valence-electron chi connectivity index (χ2n) is 5.55. The average molecular weight is 302 g/mol. The fourth-order valence-corrected chi connectivity index (χ4v) is 2.44. The fraction of sp³-hybridized carbons (Fsp3) is 0.462. The lowest BCUT2D eigenvalue weighted by molar-refractivity contribution is -0.384. The molecule has 0 unspecified atom stereocenters. The number of hydrogen-bond donors (Lipinski definition) is 0. The number of nitro groups is 1. The van der Waals surface area contributed by atoms with Crippen LogP contribution in [0.2, 0.25) is 0 Å². The number of fused-ring (bicyclic) bond motifs is 1. The van der Waals surface area contributed by atoms with Gasteiger partial charge in [0.05, 0.1) is 10.6 Å². The zero-order valence-electron chi connectivity index (χ0n) is 11.4. The Bertz CT molecular complexity index is 611. The van der Waals surface area contributed by atoms with E-state index in [4.69, 9.17) is 0 Å². The number of nitrogens with zero attached hydrogens (tertiary/aromatic N) is 2. The number of alkyl halides is 3. The van der Waals surface area contributed by atoms with Crippen molar-refractivity contribution in [3.63, 3.8) is 0 Å². The van der Waals surface area contributed by atoms with Gasteiger partial charge in [-0.2, -0.15) is 13.2 Å². The summed E-state index contributed by atoms with van der Waals surface area (Å²) in [5.41, 5.74) is -0.335. The van der Waals surface area contributed by atoms with E-state index in [0.717, 1.165) is 6.07 Å². The molecule has 1 aliphatic rings. The predicted octanol–water partition coefficient (Wildman–Crippen LogP) is 3.17. The van der Waals surface area contributed by atoms with Gasteiger partial charge in [-0.1, -0.05) is 13.8 Å². The molecule has 5 nitrogen and oxygen atoms in total. The van der Waals surface area contributed by atoms with Crippen molar-refractivity contribution in [2.75, 3.05) is 11.4 Å². The van der Waals surface area contributed by atoms with Crippen molar-refractivity contribution in [1.82, 2.24) is 0 Å². The Hall–Kier alpha value is -2.12. The summed E-state index contributed by atoms with van der Waals surface area (Å²) in [5.74, 6) is -2.00. The summed E-state index contributed by atoms with van der Waals surface area (Å²) >= 11 is 0. The van der Waals surface area contributed by atoms with E-state index < -0.39 is 22.4 Å². The van der Waals surface area contributed by atoms with Gasteiger partial charge in [0.25, 0.3) is 5.69 Å². The molecular formula is C13H13F3N2O3. The third-order valence-corrected chi connectivity index (χ3v) is 3.66. The summed E-state index contributed by atoms with van der Waals surface area (Å²) in [6.45, 7) is 3.53. The summed E-state index contributed by atoms with van der Waals surface area (Å²) in [7, 11) is 0. The quantitative estimate of drug-likeness (QED) is 0.591. The maximum Gasteiger partial charge on any atom is 0.471 e. The van der Waals surface area contributed by atoms with Crippen LogP contribution < -0.4 is 4.90 Å². The number of hydrogen-bond acceptors (Lipinski definition) is 3. The highest BCUT2D eigenvalue weighted by atomic mass is 19.4. The van der Waals surface area contributed by atoms with Crippen molar-refractivity contribution in [3.8, 4) is 0 Å². The third kappa shape index (κ3) is 2.70. The molecule has 0 saturated heterocycles. The number of carbonyl (C=O) groups excluding carboxylic acids is 1. The molecule has 1 heterocycles. The number of anilines is 1. The van der Waals surface area contributed by atoms with Crippen molar-refractivity contribution in [3.05, 3.63) is 33.9 Å². The molecule has 1 aliphatic heterocycles. The minimum atomic E-state index is -5.01. The first-order valence-electron chi connectivity index (χ1n) is 6.21. The second-order valence-corrected chi connectivity index (χ2v) is 5.55. The molecule has 0 fully saturated rings. The number of nitro benzene ring substituents is 1. The largest absolute Gasteiger partial charge is 0.471 e. The summed E-state index contributed by atoms with van der Waals surface area (Å²) in [6.07, 6.45) is -4.66. The lowest BCUT2D eigenvalue weighted by atomic mass is 9.77. The number of amides is 1. The van der Waals surface area contributed by atoms with Crippen LogP contribution in [-0.4, -0.2) is 23.6 Å². The third-order valence-electron chi connectivity index (χ3n) is 3.66. The van der Waals surface area contributed by atoms with Gasteiger partial charge in [-0.05, 0) is 23.5 Å². The molecule has 1 aromatic rings. The van der Waals surface area contributed by atoms with Gasteiger partial charge in [0.2, 0.25) is 0 Å². The minimum absolute atomic E-state index is 0.0391. The van der Waals surface area contributed by atoms with Crippen molar-refractivity contribution in [2.24, 2.45) is 0 Å². The standard InChI is InChI=1S/C13H13F3N2O3/c1-12(2)5-6-17(11(19)13(14,15)16)10-7-8(18(20)21)3-4-9(10)12/h3-4,7H,5-6H2,1-2H3. The van der Waals surface area contributed by atoms with Crippen LogP contribution in [-0.2, 0) is 10.2 Å². The van der Waals surface area contributed by atoms with E-state index in [-0.39, 0.29) is 17.9 Å². The molecule has 0 aromatic heterocycles. The average Bonchev–Trinajstić information content (AvgIpc) is 2.36. The summed E-state index contributed by atoms with van der Waals surface area (Å²) in [4.78, 5) is 22.2. The molecule has 21 heavy (non-hydrogen) atoms. The van der Waals surface area contributed by atoms with Crippen LogP contribution in [0.5, 0.6) is 0 Å². The van der Waals surface area contributed by atoms with E-state index in [1.165, 1.54) is 12.1 Å². The van der Waals surface area contributed by atoms with E-state index in [1.54, 1.807) is 0 Å². The molecule has 1 aromatic carbocycles. The second kappa shape index (κ2) is 4.71. The highest BCUT2D eigenvalue weighted by Crippen LogP contribution is 2.42. The summed E-state index contributed by atoms with van der Waals surface area (Å²) in [5, 5.41) is 10.8. The molecule has 0 saturated carbocycles. The maximum atomic E-state index is 12.7. The highest BCUT2D eigenvalue weighted by Gasteiger charge is 2.46. The molecule has 0 N–H and O–H groups in total. The van der Waals surface area contributed by atoms with Gasteiger partial charge in [-0.15, -0.1) is 0 Å². The molecule has 0 radical (unpaired) electrons. The van der Waals surface area contributed by atoms with Gasteiger partial charge in [0.1, 0.15) is 0 Å². The number of halogens is 3. The molecule has 2 rings (SSSR count). The van der Waals surface area contributed by atoms with Crippen LogP contribution >= 0.6 is 0 Å². The zero-order valence-corrected chi connectivity index (χ0v) is 11.4. The van der Waals surface area contributed by atoms with Gasteiger partial charge in [0, 0.05) is 18.7 Å². The van der Waals surface area contributed by atoms with Crippen LogP contribution in [0, 0.1) is 10.1 Å². The monoisotopic (exact) mass is 302 g/mol. The number of non-ortho nitro benzene ring substituents is 1. The maximum absolute atomic E-state index is 12.7. The first-order chi connectivity index (χ1) is 9.54. The van der Waals surface area contributed by atoms with Crippen molar-refractivity contribution < 1.29 is 22.9 Å². The van der Waals surface area contributed by atoms with E-state index >= 15 is 0 Å². The van der Waals surface area contributed by atoms with Gasteiger partial charge in [-0.25, -0.2) is 0 Å². The van der Waals surface area contributed by atoms with Crippen molar-refractivity contribution >= 4 is 17.3 Å². The Morgan fingerprint density at radius 3 is 2.52 bits per heavy atom. The lowest BCUT2D eigenvalue weighted by Crippen LogP contribution is -2.46. The summed E-state index contributed by atoms with van der Waals surface area (Å²) in [6, 6.07) is 3.69. The fourth-order valence-electron chi connectivity index (χ4n) is 2.44. The summed E-state index contributed by atoms with van der Waals surface area (Å²) < 4.78 is 38.0. The minimum Gasteiger partial charge on any atom is -0.304 e. The zero-order chi connectivity index (χ0) is 16.0. The molecule has 114 valence electrons. The molecule has 0 bridgehead atoms. The van der Waals surface area contributed by atoms with E-state index in [9.17, 15) is 28.1 Å². The van der Waals surface area contributed by atoms with Gasteiger partial charge >= 0.3 is 12.1 Å². The molecular weight excluding hydrogens is 289 g/mol. The van der Waals surface area contributed by atoms with Crippen LogP contribution in [0.25, 0.3) is 0 Å². The Morgan fingerprint density at radius 1 is 1.38 bits per heavy atom. The number of benzene rings is 1. The van der Waals surface area contributed by atoms with Crippen LogP contribution in [0.15, 0.2) is 18.2 Å². The number of carbonyl (C=O) groups is 1. The van der Waals surface area contributed by atoms with Crippen molar-refractivity contribution in [1.29, 1.82) is 0 Å². The van der Waals surface area contributed by atoms with Gasteiger partial charge in [-0.3, -0.25) is 14.9 Å². The van der Waals surface area contributed by atoms with E-state index in [1.807, 2.05) is 13.8 Å². The Labute approximate surface area is 118 Å². The van der Waals surface area contributed by atoms with Gasteiger partial charge in [0.15, 0.2) is 0 Å². The molecule has 8 heteroatoms. The van der Waals surface area contributed by atoms with Crippen LogP contribution in [0.4, 0.5) is 24.5 Å². The normalized spacial score (nSPS) is 17.3. The molecule has 0 atom stereocenters. The Morgan fingerprint density at radius 2 is 2.00 bits per heavy atom. The predicted molar refractivity (Wildman–Crippen MR) is 69.1 cm³/mol. The molecule has 0 spiro atoms. The number of rotatable bonds is 1.